The lowest BCUT2D eigenvalue weighted by Crippen LogP contribution is -2.29. The summed E-state index contributed by atoms with van der Waals surface area (Å²) in [5, 5.41) is 1.61. The predicted octanol–water partition coefficient (Wildman–Crippen LogP) is 2.52. The molecule has 0 bridgehead atoms. The van der Waals surface area contributed by atoms with Crippen LogP contribution in [0.1, 0.15) is 40.5 Å². The van der Waals surface area contributed by atoms with E-state index in [2.05, 4.69) is 47.5 Å². The number of anilines is 2. The summed E-state index contributed by atoms with van der Waals surface area (Å²) in [5.41, 5.74) is 0. The standard InChI is InChI=1S/C14H27N5O/c1-6-8-19(9-7-2)14-16-11-15-13(17-14)18(5)20-10-12(3)4/h11-12H,6-10H2,1-5H3. The van der Waals surface area contributed by atoms with E-state index in [4.69, 9.17) is 4.84 Å². The van der Waals surface area contributed by atoms with Crippen LogP contribution in [0.15, 0.2) is 6.33 Å². The number of aromatic nitrogens is 3. The summed E-state index contributed by atoms with van der Waals surface area (Å²) in [4.78, 5) is 20.7. The van der Waals surface area contributed by atoms with Crippen molar-refractivity contribution in [3.63, 3.8) is 0 Å². The van der Waals surface area contributed by atoms with Gasteiger partial charge in [-0.1, -0.05) is 27.7 Å². The molecule has 0 aliphatic heterocycles. The molecule has 0 radical (unpaired) electrons. The highest BCUT2D eigenvalue weighted by Gasteiger charge is 2.12. The molecule has 6 nitrogen and oxygen atoms in total. The number of hydroxylamine groups is 1. The van der Waals surface area contributed by atoms with E-state index in [-0.39, 0.29) is 0 Å². The number of rotatable bonds is 9. The largest absolute Gasteiger partial charge is 0.341 e. The van der Waals surface area contributed by atoms with Gasteiger partial charge in [0.1, 0.15) is 6.33 Å². The Labute approximate surface area is 122 Å². The van der Waals surface area contributed by atoms with Gasteiger partial charge in [0.05, 0.1) is 6.61 Å². The first-order chi connectivity index (χ1) is 9.58. The quantitative estimate of drug-likeness (QED) is 0.648. The normalized spacial score (nSPS) is 10.9. The van der Waals surface area contributed by atoms with Crippen molar-refractivity contribution in [2.75, 3.05) is 36.7 Å². The van der Waals surface area contributed by atoms with Gasteiger partial charge in [-0.15, -0.1) is 0 Å². The smallest absolute Gasteiger partial charge is 0.254 e. The lowest BCUT2D eigenvalue weighted by Gasteiger charge is -2.23. The van der Waals surface area contributed by atoms with E-state index in [1.807, 2.05) is 7.05 Å². The van der Waals surface area contributed by atoms with E-state index in [1.54, 1.807) is 11.4 Å². The van der Waals surface area contributed by atoms with Gasteiger partial charge < -0.3 is 4.90 Å². The minimum absolute atomic E-state index is 0.468. The maximum absolute atomic E-state index is 5.61. The average molecular weight is 281 g/mol. The fraction of sp³-hybridized carbons (Fsp3) is 0.786. The average Bonchev–Trinajstić information content (AvgIpc) is 2.44. The van der Waals surface area contributed by atoms with Crippen molar-refractivity contribution in [1.82, 2.24) is 15.0 Å². The van der Waals surface area contributed by atoms with Crippen molar-refractivity contribution in [3.8, 4) is 0 Å². The zero-order valence-corrected chi connectivity index (χ0v) is 13.3. The van der Waals surface area contributed by atoms with Gasteiger partial charge in [0.2, 0.25) is 5.95 Å². The van der Waals surface area contributed by atoms with Crippen molar-refractivity contribution in [3.05, 3.63) is 6.33 Å². The Hall–Kier alpha value is -1.43. The monoisotopic (exact) mass is 281 g/mol. The highest BCUT2D eigenvalue weighted by atomic mass is 16.7. The number of hydrogen-bond donors (Lipinski definition) is 0. The highest BCUT2D eigenvalue weighted by Crippen LogP contribution is 2.12. The minimum atomic E-state index is 0.468. The Morgan fingerprint density at radius 2 is 1.70 bits per heavy atom. The van der Waals surface area contributed by atoms with Crippen LogP contribution < -0.4 is 9.96 Å². The summed E-state index contributed by atoms with van der Waals surface area (Å²) in [6.45, 7) is 11.1. The van der Waals surface area contributed by atoms with Crippen LogP contribution in [-0.2, 0) is 4.84 Å². The molecule has 1 heterocycles. The third kappa shape index (κ3) is 5.28. The second kappa shape index (κ2) is 8.68. The molecule has 0 amide bonds. The molecule has 0 unspecified atom stereocenters. The van der Waals surface area contributed by atoms with Crippen molar-refractivity contribution < 1.29 is 4.84 Å². The number of hydrogen-bond acceptors (Lipinski definition) is 6. The maximum atomic E-state index is 5.61. The van der Waals surface area contributed by atoms with E-state index >= 15 is 0 Å². The minimum Gasteiger partial charge on any atom is -0.341 e. The molecule has 6 heteroatoms. The zero-order valence-electron chi connectivity index (χ0n) is 13.3. The number of nitrogens with zero attached hydrogens (tertiary/aromatic N) is 5. The molecule has 1 aromatic heterocycles. The fourth-order valence-electron chi connectivity index (χ4n) is 1.75. The van der Waals surface area contributed by atoms with Gasteiger partial charge in [-0.3, -0.25) is 4.84 Å². The molecule has 0 fully saturated rings. The summed E-state index contributed by atoms with van der Waals surface area (Å²) in [5.74, 6) is 1.74. The maximum Gasteiger partial charge on any atom is 0.254 e. The lowest BCUT2D eigenvalue weighted by molar-refractivity contribution is 0.0949. The van der Waals surface area contributed by atoms with E-state index < -0.39 is 0 Å². The topological polar surface area (TPSA) is 54.4 Å². The second-order valence-electron chi connectivity index (χ2n) is 5.26. The van der Waals surface area contributed by atoms with Crippen LogP contribution in [0.3, 0.4) is 0 Å². The molecule has 0 saturated heterocycles. The first-order valence-corrected chi connectivity index (χ1v) is 7.39. The van der Waals surface area contributed by atoms with Gasteiger partial charge in [0.15, 0.2) is 0 Å². The Bertz CT molecular complexity index is 380. The molecule has 0 aliphatic rings. The van der Waals surface area contributed by atoms with Gasteiger partial charge in [0, 0.05) is 20.1 Å². The van der Waals surface area contributed by atoms with Crippen LogP contribution in [0.25, 0.3) is 0 Å². The van der Waals surface area contributed by atoms with Crippen molar-refractivity contribution >= 4 is 11.9 Å². The molecular weight excluding hydrogens is 254 g/mol. The van der Waals surface area contributed by atoms with Crippen LogP contribution in [0, 0.1) is 5.92 Å². The Kier molecular flexibility index (Phi) is 7.22. The lowest BCUT2D eigenvalue weighted by atomic mass is 10.2. The Morgan fingerprint density at radius 1 is 1.10 bits per heavy atom. The molecule has 0 saturated carbocycles. The molecule has 0 aliphatic carbocycles. The van der Waals surface area contributed by atoms with Crippen molar-refractivity contribution in [1.29, 1.82) is 0 Å². The SMILES string of the molecule is CCCN(CCC)c1ncnc(N(C)OCC(C)C)n1. The summed E-state index contributed by atoms with van der Waals surface area (Å²) in [6, 6.07) is 0. The van der Waals surface area contributed by atoms with Gasteiger partial charge in [0.25, 0.3) is 5.95 Å². The molecule has 20 heavy (non-hydrogen) atoms. The van der Waals surface area contributed by atoms with Gasteiger partial charge >= 0.3 is 0 Å². The molecule has 1 aromatic rings. The van der Waals surface area contributed by atoms with Crippen LogP contribution in [0.4, 0.5) is 11.9 Å². The first-order valence-electron chi connectivity index (χ1n) is 7.39. The summed E-state index contributed by atoms with van der Waals surface area (Å²) in [7, 11) is 1.82. The predicted molar refractivity (Wildman–Crippen MR) is 81.8 cm³/mol. The Balaban J connectivity index is 2.77. The third-order valence-corrected chi connectivity index (χ3v) is 2.70. The fourth-order valence-corrected chi connectivity index (χ4v) is 1.75. The molecule has 0 spiro atoms. The van der Waals surface area contributed by atoms with Crippen LogP contribution in [0.5, 0.6) is 0 Å². The third-order valence-electron chi connectivity index (χ3n) is 2.70. The molecule has 1 rings (SSSR count). The van der Waals surface area contributed by atoms with Crippen molar-refractivity contribution in [2.24, 2.45) is 5.92 Å². The molecular formula is C14H27N5O. The second-order valence-corrected chi connectivity index (χ2v) is 5.26. The zero-order chi connectivity index (χ0) is 15.0. The summed E-state index contributed by atoms with van der Waals surface area (Å²) >= 11 is 0. The Morgan fingerprint density at radius 3 is 2.25 bits per heavy atom. The summed E-state index contributed by atoms with van der Waals surface area (Å²) < 4.78 is 0. The van der Waals surface area contributed by atoms with Crippen LogP contribution >= 0.6 is 0 Å². The van der Waals surface area contributed by atoms with Gasteiger partial charge in [-0.2, -0.15) is 9.97 Å². The van der Waals surface area contributed by atoms with Gasteiger partial charge in [-0.25, -0.2) is 10.0 Å². The first kappa shape index (κ1) is 16.6. The van der Waals surface area contributed by atoms with E-state index in [9.17, 15) is 0 Å². The van der Waals surface area contributed by atoms with Crippen LogP contribution in [-0.4, -0.2) is 41.7 Å². The molecule has 0 aromatic carbocycles. The van der Waals surface area contributed by atoms with Crippen molar-refractivity contribution in [2.45, 2.75) is 40.5 Å². The molecule has 0 atom stereocenters. The van der Waals surface area contributed by atoms with E-state index in [1.165, 1.54) is 0 Å². The van der Waals surface area contributed by atoms with Crippen LogP contribution in [0.2, 0.25) is 0 Å². The van der Waals surface area contributed by atoms with Gasteiger partial charge in [-0.05, 0) is 18.8 Å². The summed E-state index contributed by atoms with van der Waals surface area (Å²) in [6.07, 6.45) is 3.69. The molecule has 0 N–H and O–H groups in total. The highest BCUT2D eigenvalue weighted by molar-refractivity contribution is 5.35. The van der Waals surface area contributed by atoms with E-state index in [0.29, 0.717) is 18.5 Å². The van der Waals surface area contributed by atoms with E-state index in [0.717, 1.165) is 31.9 Å². The molecule has 114 valence electrons.